The van der Waals surface area contributed by atoms with Gasteiger partial charge < -0.3 is 10.5 Å². The second kappa shape index (κ2) is 5.11. The van der Waals surface area contributed by atoms with Crippen LogP contribution in [0, 0.1) is 26.2 Å². The molecule has 18 heavy (non-hydrogen) atoms. The minimum Gasteiger partial charge on any atom is -0.469 e. The Kier molecular flexibility index (Phi) is 4.17. The number of aryl methyl sites for hydroxylation is 3. The smallest absolute Gasteiger partial charge is 0.313 e. The molecule has 0 unspecified atom stereocenters. The number of nitrogens with two attached hydrogens (primary N) is 1. The van der Waals surface area contributed by atoms with Crippen LogP contribution in [0.1, 0.15) is 42.1 Å². The minimum absolute atomic E-state index is 0.283. The lowest BCUT2D eigenvalue weighted by Gasteiger charge is -2.31. The zero-order valence-corrected chi connectivity index (χ0v) is 12.1. The van der Waals surface area contributed by atoms with Gasteiger partial charge in [0.25, 0.3) is 0 Å². The van der Waals surface area contributed by atoms with Gasteiger partial charge in [-0.1, -0.05) is 17.7 Å². The number of carbonyl (C=O) groups excluding carboxylic acids is 1. The molecule has 0 fully saturated rings. The predicted octanol–water partition coefficient (Wildman–Crippen LogP) is 2.81. The third kappa shape index (κ3) is 2.56. The number of ether oxygens (including phenoxy) is 1. The fourth-order valence-electron chi connectivity index (χ4n) is 2.43. The van der Waals surface area contributed by atoms with Gasteiger partial charge in [0.2, 0.25) is 0 Å². The summed E-state index contributed by atoms with van der Waals surface area (Å²) in [7, 11) is 1.39. The molecule has 2 N–H and O–H groups in total. The number of hydrogen-bond acceptors (Lipinski definition) is 3. The van der Waals surface area contributed by atoms with Gasteiger partial charge in [0.05, 0.1) is 12.5 Å². The van der Waals surface area contributed by atoms with E-state index in [2.05, 4.69) is 19.1 Å². The molecule has 0 aliphatic rings. The van der Waals surface area contributed by atoms with Crippen LogP contribution in [0.5, 0.6) is 0 Å². The summed E-state index contributed by atoms with van der Waals surface area (Å²) in [6.45, 7) is 9.76. The van der Waals surface area contributed by atoms with Gasteiger partial charge in [-0.3, -0.25) is 4.79 Å². The largest absolute Gasteiger partial charge is 0.469 e. The van der Waals surface area contributed by atoms with Crippen molar-refractivity contribution in [3.05, 3.63) is 34.4 Å². The number of benzene rings is 1. The molecule has 0 aliphatic heterocycles. The Morgan fingerprint density at radius 3 is 2.06 bits per heavy atom. The fraction of sp³-hybridized carbons (Fsp3) is 0.533. The van der Waals surface area contributed by atoms with Gasteiger partial charge in [0, 0.05) is 6.04 Å². The number of hydrogen-bond donors (Lipinski definition) is 1. The molecule has 1 atom stereocenters. The Morgan fingerprint density at radius 2 is 1.67 bits per heavy atom. The Morgan fingerprint density at radius 1 is 1.22 bits per heavy atom. The molecule has 0 radical (unpaired) electrons. The summed E-state index contributed by atoms with van der Waals surface area (Å²) in [6, 6.07) is 3.82. The van der Waals surface area contributed by atoms with Crippen LogP contribution in [0.4, 0.5) is 0 Å². The summed E-state index contributed by atoms with van der Waals surface area (Å²) >= 11 is 0. The van der Waals surface area contributed by atoms with Crippen LogP contribution in [-0.4, -0.2) is 13.1 Å². The predicted molar refractivity (Wildman–Crippen MR) is 73.4 cm³/mol. The average Bonchev–Trinajstić information content (AvgIpc) is 2.26. The van der Waals surface area contributed by atoms with Gasteiger partial charge in [0.15, 0.2) is 0 Å². The highest BCUT2D eigenvalue weighted by Crippen LogP contribution is 2.36. The third-order valence-electron chi connectivity index (χ3n) is 3.54. The van der Waals surface area contributed by atoms with Crippen molar-refractivity contribution >= 4 is 5.97 Å². The zero-order valence-electron chi connectivity index (χ0n) is 12.1. The molecule has 0 bridgehead atoms. The maximum Gasteiger partial charge on any atom is 0.313 e. The molecule has 0 heterocycles. The number of methoxy groups -OCH3 is 1. The van der Waals surface area contributed by atoms with Crippen molar-refractivity contribution in [3.8, 4) is 0 Å². The summed E-state index contributed by atoms with van der Waals surface area (Å²) in [4.78, 5) is 11.8. The molecule has 100 valence electrons. The van der Waals surface area contributed by atoms with E-state index in [0.717, 1.165) is 16.7 Å². The van der Waals surface area contributed by atoms with E-state index in [1.807, 2.05) is 27.7 Å². The van der Waals surface area contributed by atoms with E-state index >= 15 is 0 Å². The second-order valence-corrected chi connectivity index (χ2v) is 5.50. The van der Waals surface area contributed by atoms with Crippen LogP contribution in [0.25, 0.3) is 0 Å². The highest BCUT2D eigenvalue weighted by atomic mass is 16.5. The summed E-state index contributed by atoms with van der Waals surface area (Å²) in [5.41, 5.74) is 10.1. The first kappa shape index (κ1) is 14.7. The van der Waals surface area contributed by atoms with Crippen LogP contribution < -0.4 is 5.73 Å². The lowest BCUT2D eigenvalue weighted by Crippen LogP contribution is -2.38. The van der Waals surface area contributed by atoms with Gasteiger partial charge in [-0.2, -0.15) is 0 Å². The Labute approximate surface area is 109 Å². The molecule has 3 nitrogen and oxygen atoms in total. The molecule has 0 aromatic heterocycles. The van der Waals surface area contributed by atoms with Gasteiger partial charge >= 0.3 is 5.97 Å². The molecule has 0 amide bonds. The first-order valence-electron chi connectivity index (χ1n) is 6.13. The summed E-state index contributed by atoms with van der Waals surface area (Å²) in [5, 5.41) is 0. The standard InChI is InChI=1S/C15H23NO2/c1-9-7-10(2)12(11(3)8-9)13(16)15(4,5)14(17)18-6/h7-8,13H,16H2,1-6H3/t13-/m1/s1. The molecule has 0 aliphatic carbocycles. The zero-order chi connectivity index (χ0) is 14.1. The first-order valence-corrected chi connectivity index (χ1v) is 6.13. The van der Waals surface area contributed by atoms with Gasteiger partial charge in [-0.25, -0.2) is 0 Å². The topological polar surface area (TPSA) is 52.3 Å². The van der Waals surface area contributed by atoms with Crippen LogP contribution in [0.2, 0.25) is 0 Å². The Balaban J connectivity index is 3.27. The van der Waals surface area contributed by atoms with E-state index in [1.54, 1.807) is 0 Å². The molecule has 0 saturated carbocycles. The van der Waals surface area contributed by atoms with E-state index in [-0.39, 0.29) is 12.0 Å². The molecule has 1 rings (SSSR count). The number of esters is 1. The first-order chi connectivity index (χ1) is 8.21. The van der Waals surface area contributed by atoms with E-state index in [0.29, 0.717) is 0 Å². The van der Waals surface area contributed by atoms with Crippen molar-refractivity contribution in [1.82, 2.24) is 0 Å². The molecular formula is C15H23NO2. The fourth-order valence-corrected chi connectivity index (χ4v) is 2.43. The van der Waals surface area contributed by atoms with Crippen LogP contribution >= 0.6 is 0 Å². The Hall–Kier alpha value is -1.35. The molecular weight excluding hydrogens is 226 g/mol. The van der Waals surface area contributed by atoms with Crippen LogP contribution in [-0.2, 0) is 9.53 Å². The minimum atomic E-state index is -0.737. The number of carbonyl (C=O) groups is 1. The molecule has 3 heteroatoms. The van der Waals surface area contributed by atoms with Crippen molar-refractivity contribution in [2.24, 2.45) is 11.1 Å². The second-order valence-electron chi connectivity index (χ2n) is 5.50. The Bertz CT molecular complexity index is 441. The van der Waals surface area contributed by atoms with E-state index in [1.165, 1.54) is 12.7 Å². The summed E-state index contributed by atoms with van der Waals surface area (Å²) in [6.07, 6.45) is 0. The van der Waals surface area contributed by atoms with Gasteiger partial charge in [-0.15, -0.1) is 0 Å². The summed E-state index contributed by atoms with van der Waals surface area (Å²) < 4.78 is 4.84. The van der Waals surface area contributed by atoms with E-state index in [4.69, 9.17) is 10.5 Å². The van der Waals surface area contributed by atoms with Crippen molar-refractivity contribution in [2.45, 2.75) is 40.7 Å². The van der Waals surface area contributed by atoms with E-state index < -0.39 is 5.41 Å². The quantitative estimate of drug-likeness (QED) is 0.838. The van der Waals surface area contributed by atoms with Gasteiger partial charge in [0.1, 0.15) is 0 Å². The maximum absolute atomic E-state index is 11.8. The van der Waals surface area contributed by atoms with Crippen molar-refractivity contribution in [1.29, 1.82) is 0 Å². The molecule has 1 aromatic rings. The maximum atomic E-state index is 11.8. The monoisotopic (exact) mass is 249 g/mol. The van der Waals surface area contributed by atoms with E-state index in [9.17, 15) is 4.79 Å². The molecule has 0 spiro atoms. The average molecular weight is 249 g/mol. The lowest BCUT2D eigenvalue weighted by atomic mass is 9.78. The number of rotatable bonds is 3. The van der Waals surface area contributed by atoms with Crippen LogP contribution in [0.15, 0.2) is 12.1 Å². The SMILES string of the molecule is COC(=O)C(C)(C)[C@H](N)c1c(C)cc(C)cc1C. The lowest BCUT2D eigenvalue weighted by molar-refractivity contribution is -0.152. The third-order valence-corrected chi connectivity index (χ3v) is 3.54. The normalized spacial score (nSPS) is 13.3. The summed E-state index contributed by atoms with van der Waals surface area (Å²) in [5.74, 6) is -0.283. The molecule has 1 aromatic carbocycles. The highest BCUT2D eigenvalue weighted by Gasteiger charge is 2.37. The van der Waals surface area contributed by atoms with Crippen LogP contribution in [0.3, 0.4) is 0 Å². The van der Waals surface area contributed by atoms with Crippen molar-refractivity contribution in [3.63, 3.8) is 0 Å². The molecule has 0 saturated heterocycles. The highest BCUT2D eigenvalue weighted by molar-refractivity contribution is 5.77. The van der Waals surface area contributed by atoms with Gasteiger partial charge in [-0.05, 0) is 51.3 Å². The van der Waals surface area contributed by atoms with Crippen molar-refractivity contribution in [2.75, 3.05) is 7.11 Å². The van der Waals surface area contributed by atoms with Crippen molar-refractivity contribution < 1.29 is 9.53 Å².